The zero-order valence-electron chi connectivity index (χ0n) is 10.1. The van der Waals surface area contributed by atoms with Crippen molar-refractivity contribution in [2.24, 2.45) is 0 Å². The Morgan fingerprint density at radius 1 is 1.44 bits per heavy atom. The number of hydrogen-bond acceptors (Lipinski definition) is 4. The number of amides is 1. The van der Waals surface area contributed by atoms with Gasteiger partial charge in [-0.3, -0.25) is 9.59 Å². The van der Waals surface area contributed by atoms with Crippen LogP contribution in [0.25, 0.3) is 0 Å². The van der Waals surface area contributed by atoms with Crippen LogP contribution in [0.15, 0.2) is 24.3 Å². The van der Waals surface area contributed by atoms with Gasteiger partial charge < -0.3 is 14.8 Å². The van der Waals surface area contributed by atoms with Crippen molar-refractivity contribution >= 4 is 11.9 Å². The smallest absolute Gasteiger partial charge is 0.325 e. The van der Waals surface area contributed by atoms with E-state index in [2.05, 4.69) is 10.1 Å². The highest BCUT2D eigenvalue weighted by molar-refractivity contribution is 5.87. The Morgan fingerprint density at radius 2 is 2.22 bits per heavy atom. The van der Waals surface area contributed by atoms with E-state index in [1.54, 1.807) is 0 Å². The standard InChI is InChI=1S/C13H15NO4/c1-17-12(15)8-14-13(16)10-6-7-18-11-5-3-2-4-9(10)11/h2-5,10H,6-8H2,1H3,(H,14,16). The highest BCUT2D eigenvalue weighted by Gasteiger charge is 2.27. The molecule has 0 aromatic heterocycles. The third kappa shape index (κ3) is 2.61. The van der Waals surface area contributed by atoms with Crippen LogP contribution in [-0.4, -0.2) is 32.1 Å². The van der Waals surface area contributed by atoms with E-state index in [0.29, 0.717) is 13.0 Å². The monoisotopic (exact) mass is 249 g/mol. The molecule has 1 atom stereocenters. The van der Waals surface area contributed by atoms with Crippen molar-refractivity contribution in [3.05, 3.63) is 29.8 Å². The van der Waals surface area contributed by atoms with E-state index in [4.69, 9.17) is 4.74 Å². The molecule has 0 saturated carbocycles. The lowest BCUT2D eigenvalue weighted by Gasteiger charge is -2.24. The molecule has 0 saturated heterocycles. The van der Waals surface area contributed by atoms with E-state index in [9.17, 15) is 9.59 Å². The van der Waals surface area contributed by atoms with Gasteiger partial charge in [-0.15, -0.1) is 0 Å². The molecule has 0 radical (unpaired) electrons. The highest BCUT2D eigenvalue weighted by Crippen LogP contribution is 2.33. The summed E-state index contributed by atoms with van der Waals surface area (Å²) in [5, 5.41) is 2.57. The molecule has 1 aromatic rings. The molecule has 0 spiro atoms. The average molecular weight is 249 g/mol. The summed E-state index contributed by atoms with van der Waals surface area (Å²) < 4.78 is 9.96. The molecular weight excluding hydrogens is 234 g/mol. The van der Waals surface area contributed by atoms with Gasteiger partial charge in [0.05, 0.1) is 19.6 Å². The van der Waals surface area contributed by atoms with Gasteiger partial charge in [-0.1, -0.05) is 18.2 Å². The second kappa shape index (κ2) is 5.53. The van der Waals surface area contributed by atoms with Crippen molar-refractivity contribution in [2.45, 2.75) is 12.3 Å². The molecule has 1 aliphatic heterocycles. The van der Waals surface area contributed by atoms with Gasteiger partial charge in [0.2, 0.25) is 5.91 Å². The zero-order valence-corrected chi connectivity index (χ0v) is 10.1. The summed E-state index contributed by atoms with van der Waals surface area (Å²) in [4.78, 5) is 23.0. The lowest BCUT2D eigenvalue weighted by atomic mass is 9.92. The molecule has 2 rings (SSSR count). The largest absolute Gasteiger partial charge is 0.493 e. The third-order valence-electron chi connectivity index (χ3n) is 2.91. The van der Waals surface area contributed by atoms with Crippen LogP contribution < -0.4 is 10.1 Å². The number of ether oxygens (including phenoxy) is 2. The minimum Gasteiger partial charge on any atom is -0.493 e. The lowest BCUT2D eigenvalue weighted by molar-refractivity contribution is -0.141. The van der Waals surface area contributed by atoms with Gasteiger partial charge in [-0.05, 0) is 12.5 Å². The average Bonchev–Trinajstić information content (AvgIpc) is 2.43. The predicted octanol–water partition coefficient (Wildman–Crippen LogP) is 0.842. The summed E-state index contributed by atoms with van der Waals surface area (Å²) in [6, 6.07) is 7.45. The summed E-state index contributed by atoms with van der Waals surface area (Å²) in [5.74, 6) is -0.151. The van der Waals surface area contributed by atoms with E-state index < -0.39 is 5.97 Å². The van der Waals surface area contributed by atoms with Crippen LogP contribution in [0.4, 0.5) is 0 Å². The maximum absolute atomic E-state index is 12.0. The minimum atomic E-state index is -0.455. The van der Waals surface area contributed by atoms with Crippen molar-refractivity contribution in [1.82, 2.24) is 5.32 Å². The molecule has 0 bridgehead atoms. The zero-order chi connectivity index (χ0) is 13.0. The number of carbonyl (C=O) groups is 2. The van der Waals surface area contributed by atoms with Crippen LogP contribution in [0, 0.1) is 0 Å². The fourth-order valence-corrected chi connectivity index (χ4v) is 1.97. The molecule has 5 heteroatoms. The summed E-state index contributed by atoms with van der Waals surface area (Å²) in [6.45, 7) is 0.405. The van der Waals surface area contributed by atoms with Gasteiger partial charge in [-0.2, -0.15) is 0 Å². The Labute approximate surface area is 105 Å². The van der Waals surface area contributed by atoms with E-state index in [1.165, 1.54) is 7.11 Å². The molecular formula is C13H15NO4. The van der Waals surface area contributed by atoms with Crippen molar-refractivity contribution in [2.75, 3.05) is 20.3 Å². The Morgan fingerprint density at radius 3 is 3.00 bits per heavy atom. The number of fused-ring (bicyclic) bond motifs is 1. The number of benzene rings is 1. The van der Waals surface area contributed by atoms with E-state index in [-0.39, 0.29) is 18.4 Å². The van der Waals surface area contributed by atoms with Crippen LogP contribution in [0.1, 0.15) is 17.9 Å². The Kier molecular flexibility index (Phi) is 3.82. The van der Waals surface area contributed by atoms with E-state index >= 15 is 0 Å². The number of nitrogens with one attached hydrogen (secondary N) is 1. The second-order valence-corrected chi connectivity index (χ2v) is 4.02. The number of methoxy groups -OCH3 is 1. The summed E-state index contributed by atoms with van der Waals surface area (Å²) in [5.41, 5.74) is 0.867. The molecule has 96 valence electrons. The second-order valence-electron chi connectivity index (χ2n) is 4.02. The fourth-order valence-electron chi connectivity index (χ4n) is 1.97. The van der Waals surface area contributed by atoms with Crippen molar-refractivity contribution in [3.63, 3.8) is 0 Å². The molecule has 1 aliphatic rings. The third-order valence-corrected chi connectivity index (χ3v) is 2.91. The number of hydrogen-bond donors (Lipinski definition) is 1. The van der Waals surface area contributed by atoms with E-state index in [1.807, 2.05) is 24.3 Å². The minimum absolute atomic E-state index is 0.102. The molecule has 1 N–H and O–H groups in total. The van der Waals surface area contributed by atoms with Gasteiger partial charge in [0.25, 0.3) is 0 Å². The number of carbonyl (C=O) groups excluding carboxylic acids is 2. The van der Waals surface area contributed by atoms with Crippen LogP contribution in [-0.2, 0) is 14.3 Å². The van der Waals surface area contributed by atoms with Crippen molar-refractivity contribution in [3.8, 4) is 5.75 Å². The van der Waals surface area contributed by atoms with Crippen LogP contribution in [0.2, 0.25) is 0 Å². The summed E-state index contributed by atoms with van der Waals surface area (Å²) >= 11 is 0. The van der Waals surface area contributed by atoms with Gasteiger partial charge in [0.15, 0.2) is 0 Å². The quantitative estimate of drug-likeness (QED) is 0.806. The molecule has 5 nitrogen and oxygen atoms in total. The first-order chi connectivity index (χ1) is 8.72. The topological polar surface area (TPSA) is 64.6 Å². The van der Waals surface area contributed by atoms with Gasteiger partial charge in [0, 0.05) is 5.56 Å². The Hall–Kier alpha value is -2.04. The van der Waals surface area contributed by atoms with Crippen molar-refractivity contribution < 1.29 is 19.1 Å². The van der Waals surface area contributed by atoms with Gasteiger partial charge >= 0.3 is 5.97 Å². The first-order valence-corrected chi connectivity index (χ1v) is 5.78. The maximum atomic E-state index is 12.0. The molecule has 18 heavy (non-hydrogen) atoms. The molecule has 0 fully saturated rings. The highest BCUT2D eigenvalue weighted by atomic mass is 16.5. The SMILES string of the molecule is COC(=O)CNC(=O)C1CCOc2ccccc21. The summed E-state index contributed by atoms with van der Waals surface area (Å²) in [6.07, 6.45) is 0.615. The molecule has 1 amide bonds. The first-order valence-electron chi connectivity index (χ1n) is 5.78. The van der Waals surface area contributed by atoms with Crippen LogP contribution in [0.5, 0.6) is 5.75 Å². The molecule has 1 heterocycles. The Bertz CT molecular complexity index is 458. The molecule has 0 aliphatic carbocycles. The maximum Gasteiger partial charge on any atom is 0.325 e. The fraction of sp³-hybridized carbons (Fsp3) is 0.385. The van der Waals surface area contributed by atoms with Gasteiger partial charge in [-0.25, -0.2) is 0 Å². The Balaban J connectivity index is 2.06. The van der Waals surface area contributed by atoms with Crippen molar-refractivity contribution in [1.29, 1.82) is 0 Å². The van der Waals surface area contributed by atoms with Gasteiger partial charge in [0.1, 0.15) is 12.3 Å². The number of para-hydroxylation sites is 1. The number of esters is 1. The van der Waals surface area contributed by atoms with Crippen LogP contribution in [0.3, 0.4) is 0 Å². The van der Waals surface area contributed by atoms with Crippen LogP contribution >= 0.6 is 0 Å². The molecule has 1 aromatic carbocycles. The molecule has 1 unspecified atom stereocenters. The summed E-state index contributed by atoms with van der Waals surface area (Å²) in [7, 11) is 1.29. The normalized spacial score (nSPS) is 17.3. The van der Waals surface area contributed by atoms with E-state index in [0.717, 1.165) is 11.3 Å². The first kappa shape index (κ1) is 12.4. The number of rotatable bonds is 3. The predicted molar refractivity (Wildman–Crippen MR) is 64.3 cm³/mol. The lowest BCUT2D eigenvalue weighted by Crippen LogP contribution is -2.36.